The maximum atomic E-state index is 9.27. The van der Waals surface area contributed by atoms with Crippen LogP contribution in [0.1, 0.15) is 36.1 Å². The molecule has 2 fully saturated rings. The highest BCUT2D eigenvalue weighted by molar-refractivity contribution is 5.93. The number of H-pyrrole nitrogens is 1. The van der Waals surface area contributed by atoms with E-state index in [1.54, 1.807) is 0 Å². The van der Waals surface area contributed by atoms with Crippen LogP contribution in [-0.2, 0) is 13.0 Å². The Hall–Kier alpha value is -3.93. The molecule has 2 atom stereocenters. The zero-order valence-electron chi connectivity index (χ0n) is 22.4. The van der Waals surface area contributed by atoms with Crippen LogP contribution in [0, 0.1) is 29.6 Å². The molecule has 0 saturated carbocycles. The second-order valence-electron chi connectivity index (χ2n) is 10.7. The third kappa shape index (κ3) is 5.08. The highest BCUT2D eigenvalue weighted by Crippen LogP contribution is 2.36. The second kappa shape index (κ2) is 11.0. The molecule has 2 N–H and O–H groups in total. The third-order valence-corrected chi connectivity index (χ3v) is 8.21. The first kappa shape index (κ1) is 25.4. The monoisotopic (exact) mass is 526 g/mol. The lowest BCUT2D eigenvalue weighted by molar-refractivity contribution is 0.176. The molecular formula is C28H34N10O. The van der Waals surface area contributed by atoms with Crippen molar-refractivity contribution in [1.82, 2.24) is 30.4 Å². The number of piperazine rings is 1. The van der Waals surface area contributed by atoms with Crippen molar-refractivity contribution in [3.63, 3.8) is 0 Å². The van der Waals surface area contributed by atoms with Crippen molar-refractivity contribution in [3.05, 3.63) is 35.2 Å². The molecule has 2 aromatic heterocycles. The summed E-state index contributed by atoms with van der Waals surface area (Å²) in [5.74, 6) is 0.928. The predicted molar refractivity (Wildman–Crippen MR) is 148 cm³/mol. The number of aryl methyl sites for hydroxylation is 1. The Kier molecular flexibility index (Phi) is 7.18. The molecule has 3 aromatic rings. The molecule has 0 amide bonds. The number of fused-ring (bicyclic) bond motifs is 2. The molecule has 2 saturated heterocycles. The van der Waals surface area contributed by atoms with Gasteiger partial charge in [0.1, 0.15) is 12.4 Å². The minimum absolute atomic E-state index is 0.109. The summed E-state index contributed by atoms with van der Waals surface area (Å²) in [7, 11) is 0. The molecule has 6 rings (SSSR count). The lowest BCUT2D eigenvalue weighted by Crippen LogP contribution is -2.51. The molecule has 3 aliphatic heterocycles. The maximum Gasteiger partial charge on any atom is 0.318 e. The highest BCUT2D eigenvalue weighted by atomic mass is 16.5. The Bertz CT molecular complexity index is 1420. The summed E-state index contributed by atoms with van der Waals surface area (Å²) in [6, 6.07) is 9.48. The molecule has 5 heterocycles. The Morgan fingerprint density at radius 1 is 1.13 bits per heavy atom. The van der Waals surface area contributed by atoms with Gasteiger partial charge in [-0.1, -0.05) is 6.07 Å². The first-order valence-electron chi connectivity index (χ1n) is 13.8. The van der Waals surface area contributed by atoms with Crippen molar-refractivity contribution >= 4 is 22.4 Å². The van der Waals surface area contributed by atoms with E-state index >= 15 is 0 Å². The number of nitrogens with zero attached hydrogens (tertiary/aromatic N) is 8. The number of aromatic nitrogens is 4. The predicted octanol–water partition coefficient (Wildman–Crippen LogP) is 2.28. The van der Waals surface area contributed by atoms with Crippen LogP contribution in [0.3, 0.4) is 0 Å². The van der Waals surface area contributed by atoms with Gasteiger partial charge in [0.15, 0.2) is 0 Å². The van der Waals surface area contributed by atoms with E-state index in [1.165, 1.54) is 16.8 Å². The Morgan fingerprint density at radius 3 is 2.92 bits per heavy atom. The molecule has 0 bridgehead atoms. The average molecular weight is 527 g/mol. The summed E-state index contributed by atoms with van der Waals surface area (Å²) in [4.78, 5) is 16.8. The van der Waals surface area contributed by atoms with E-state index < -0.39 is 0 Å². The Labute approximate surface area is 228 Å². The normalized spacial score (nSPS) is 21.5. The third-order valence-electron chi connectivity index (χ3n) is 8.21. The first-order valence-corrected chi connectivity index (χ1v) is 13.8. The number of rotatable bonds is 7. The van der Waals surface area contributed by atoms with Crippen LogP contribution >= 0.6 is 0 Å². The van der Waals surface area contributed by atoms with Crippen LogP contribution in [0.5, 0.6) is 6.01 Å². The quantitative estimate of drug-likeness (QED) is 0.442. The largest absolute Gasteiger partial charge is 0.462 e. The highest BCUT2D eigenvalue weighted by Gasteiger charge is 2.30. The Morgan fingerprint density at radius 2 is 2.05 bits per heavy atom. The fraction of sp³-hybridized carbons (Fsp3) is 0.536. The molecule has 0 aliphatic carbocycles. The van der Waals surface area contributed by atoms with Gasteiger partial charge in [-0.2, -0.15) is 25.6 Å². The topological polar surface area (TPSA) is 133 Å². The van der Waals surface area contributed by atoms with Crippen LogP contribution in [0.2, 0.25) is 0 Å². The van der Waals surface area contributed by atoms with Crippen molar-refractivity contribution in [2.45, 2.75) is 51.2 Å². The summed E-state index contributed by atoms with van der Waals surface area (Å²) in [5, 5.41) is 30.4. The van der Waals surface area contributed by atoms with Gasteiger partial charge >= 0.3 is 6.01 Å². The number of ether oxygens (including phenoxy) is 1. The smallest absolute Gasteiger partial charge is 0.318 e. The maximum absolute atomic E-state index is 9.27. The number of hydrogen-bond acceptors (Lipinski definition) is 10. The Balaban J connectivity index is 1.32. The van der Waals surface area contributed by atoms with Crippen molar-refractivity contribution in [1.29, 1.82) is 10.5 Å². The van der Waals surface area contributed by atoms with Crippen molar-refractivity contribution in [2.24, 2.45) is 0 Å². The average Bonchev–Trinajstić information content (AvgIpc) is 3.61. The minimum Gasteiger partial charge on any atom is -0.462 e. The second-order valence-corrected chi connectivity index (χ2v) is 10.7. The molecule has 3 aliphatic rings. The van der Waals surface area contributed by atoms with Crippen LogP contribution in [0.4, 0.5) is 11.5 Å². The zero-order chi connectivity index (χ0) is 26.8. The molecule has 39 heavy (non-hydrogen) atoms. The fourth-order valence-corrected chi connectivity index (χ4v) is 6.26. The summed E-state index contributed by atoms with van der Waals surface area (Å²) >= 11 is 0. The molecular weight excluding hydrogens is 492 g/mol. The summed E-state index contributed by atoms with van der Waals surface area (Å²) in [6.07, 6.45) is 5.27. The van der Waals surface area contributed by atoms with Gasteiger partial charge in [0.05, 0.1) is 54.7 Å². The molecule has 202 valence electrons. The van der Waals surface area contributed by atoms with E-state index in [0.717, 1.165) is 74.4 Å². The van der Waals surface area contributed by atoms with E-state index in [2.05, 4.69) is 61.4 Å². The van der Waals surface area contributed by atoms with Crippen LogP contribution < -0.4 is 19.9 Å². The molecule has 11 heteroatoms. The van der Waals surface area contributed by atoms with Gasteiger partial charge in [0.2, 0.25) is 0 Å². The van der Waals surface area contributed by atoms with Crippen molar-refractivity contribution in [2.75, 3.05) is 55.7 Å². The van der Waals surface area contributed by atoms with Crippen LogP contribution in [0.15, 0.2) is 18.3 Å². The number of nitriles is 2. The fourth-order valence-electron chi connectivity index (χ4n) is 6.26. The van der Waals surface area contributed by atoms with Gasteiger partial charge in [0, 0.05) is 49.2 Å². The van der Waals surface area contributed by atoms with Gasteiger partial charge in [-0.25, -0.2) is 0 Å². The van der Waals surface area contributed by atoms with Crippen LogP contribution in [0.25, 0.3) is 10.9 Å². The molecule has 1 aromatic carbocycles. The number of likely N-dealkylation sites (tertiary alicyclic amines) is 1. The van der Waals surface area contributed by atoms with Gasteiger partial charge < -0.3 is 19.9 Å². The summed E-state index contributed by atoms with van der Waals surface area (Å²) in [6.45, 7) is 7.81. The standard InChI is InChI=1S/C28H34N10O/c1-19-4-5-24-23(15-32-35-24)26(19)37-12-7-22-25(17-37)33-28(39-18-21-3-2-11-36(21)13-9-30)34-27(22)38-14-10-31-20(16-38)6-8-29/h4-5,15,20-21,31H,2-3,6-7,10-14,16-18H2,1H3,(H,32,35). The van der Waals surface area contributed by atoms with E-state index in [4.69, 9.17) is 14.7 Å². The van der Waals surface area contributed by atoms with Crippen molar-refractivity contribution < 1.29 is 4.74 Å². The lowest BCUT2D eigenvalue weighted by Gasteiger charge is -2.37. The van der Waals surface area contributed by atoms with E-state index in [-0.39, 0.29) is 12.1 Å². The molecule has 2 unspecified atom stereocenters. The minimum atomic E-state index is 0.109. The summed E-state index contributed by atoms with van der Waals surface area (Å²) < 4.78 is 6.26. The van der Waals surface area contributed by atoms with Crippen molar-refractivity contribution in [3.8, 4) is 18.1 Å². The molecule has 0 radical (unpaired) electrons. The molecule has 0 spiro atoms. The number of nitrogens with one attached hydrogen (secondary N) is 2. The number of aromatic amines is 1. The van der Waals surface area contributed by atoms with Gasteiger partial charge in [-0.3, -0.25) is 10.00 Å². The first-order chi connectivity index (χ1) is 19.1. The van der Waals surface area contributed by atoms with Gasteiger partial charge in [-0.15, -0.1) is 0 Å². The van der Waals surface area contributed by atoms with Gasteiger partial charge in [-0.05, 0) is 44.4 Å². The van der Waals surface area contributed by atoms with E-state index in [9.17, 15) is 10.5 Å². The number of hydrogen-bond donors (Lipinski definition) is 2. The summed E-state index contributed by atoms with van der Waals surface area (Å²) in [5.41, 5.74) is 5.57. The zero-order valence-corrected chi connectivity index (χ0v) is 22.4. The number of benzene rings is 1. The van der Waals surface area contributed by atoms with E-state index in [1.807, 2.05) is 6.20 Å². The van der Waals surface area contributed by atoms with Crippen LogP contribution in [-0.4, -0.2) is 83.0 Å². The van der Waals surface area contributed by atoms with Gasteiger partial charge in [0.25, 0.3) is 0 Å². The lowest BCUT2D eigenvalue weighted by atomic mass is 10.0. The number of anilines is 2. The SMILES string of the molecule is Cc1ccc2[nH]ncc2c1N1CCc2c(nc(OCC3CCCN3CC#N)nc2N2CCNC(CC#N)C2)C1. The van der Waals surface area contributed by atoms with E-state index in [0.29, 0.717) is 32.1 Å². The molecule has 11 nitrogen and oxygen atoms in total.